The van der Waals surface area contributed by atoms with E-state index in [1.54, 1.807) is 0 Å². The first-order valence-electron chi connectivity index (χ1n) is 5.07. The van der Waals surface area contributed by atoms with E-state index in [4.69, 9.17) is 0 Å². The van der Waals surface area contributed by atoms with Crippen molar-refractivity contribution >= 4 is 17.3 Å². The molecule has 0 unspecified atom stereocenters. The zero-order chi connectivity index (χ0) is 12.7. The normalized spacial score (nSPS) is 14.4. The van der Waals surface area contributed by atoms with Crippen LogP contribution in [0.2, 0.25) is 0 Å². The molecular formula is C13H10O4. The number of hydrogen-bond acceptors (Lipinski definition) is 4. The highest BCUT2D eigenvalue weighted by molar-refractivity contribution is 6.25. The molecule has 4 nitrogen and oxygen atoms in total. The van der Waals surface area contributed by atoms with Gasteiger partial charge in [-0.1, -0.05) is 0 Å². The van der Waals surface area contributed by atoms with E-state index in [1.165, 1.54) is 32.1 Å². The smallest absolute Gasteiger partial charge is 0.193 e. The van der Waals surface area contributed by atoms with Crippen LogP contribution in [0.4, 0.5) is 0 Å². The molecule has 0 fully saturated rings. The number of phenols is 1. The van der Waals surface area contributed by atoms with Crippen LogP contribution in [-0.2, 0) is 0 Å². The van der Waals surface area contributed by atoms with Crippen molar-refractivity contribution in [3.8, 4) is 5.75 Å². The highest BCUT2D eigenvalue weighted by atomic mass is 16.3. The third kappa shape index (κ3) is 1.67. The Morgan fingerprint density at radius 1 is 1.24 bits per heavy atom. The van der Waals surface area contributed by atoms with E-state index in [0.29, 0.717) is 0 Å². The fraction of sp³-hybridized carbons (Fsp3) is 0.154. The third-order valence-electron chi connectivity index (χ3n) is 2.72. The van der Waals surface area contributed by atoms with Gasteiger partial charge in [-0.3, -0.25) is 14.4 Å². The van der Waals surface area contributed by atoms with Gasteiger partial charge in [0.25, 0.3) is 0 Å². The molecule has 0 bridgehead atoms. The first kappa shape index (κ1) is 11.3. The van der Waals surface area contributed by atoms with Gasteiger partial charge in [0.1, 0.15) is 5.75 Å². The standard InChI is InChI=1S/C13H10O4/c1-6-3-10(15)9-4-8(7(2)14)5-11(16)12(9)13(6)17/h3-5,16H,1-2H3. The number of ketones is 3. The van der Waals surface area contributed by atoms with Gasteiger partial charge in [0, 0.05) is 16.7 Å². The van der Waals surface area contributed by atoms with Crippen LogP contribution in [0.15, 0.2) is 23.8 Å². The molecule has 0 heterocycles. The van der Waals surface area contributed by atoms with Gasteiger partial charge < -0.3 is 5.11 Å². The molecule has 1 aliphatic rings. The minimum absolute atomic E-state index is 0.0139. The van der Waals surface area contributed by atoms with Crippen molar-refractivity contribution in [2.45, 2.75) is 13.8 Å². The Kier molecular flexibility index (Phi) is 2.42. The summed E-state index contributed by atoms with van der Waals surface area (Å²) < 4.78 is 0. The topological polar surface area (TPSA) is 71.4 Å². The molecular weight excluding hydrogens is 220 g/mol. The Labute approximate surface area is 97.6 Å². The molecule has 1 aromatic rings. The molecule has 1 N–H and O–H groups in total. The maximum atomic E-state index is 11.8. The molecule has 0 saturated carbocycles. The zero-order valence-corrected chi connectivity index (χ0v) is 9.40. The minimum Gasteiger partial charge on any atom is -0.507 e. The molecule has 0 amide bonds. The lowest BCUT2D eigenvalue weighted by atomic mass is 9.88. The zero-order valence-electron chi connectivity index (χ0n) is 9.40. The fourth-order valence-corrected chi connectivity index (χ4v) is 1.80. The second kappa shape index (κ2) is 3.66. The lowest BCUT2D eigenvalue weighted by molar-refractivity contribution is 0.0979. The molecule has 2 rings (SSSR count). The Morgan fingerprint density at radius 3 is 2.47 bits per heavy atom. The molecule has 17 heavy (non-hydrogen) atoms. The van der Waals surface area contributed by atoms with Crippen LogP contribution < -0.4 is 0 Å². The summed E-state index contributed by atoms with van der Waals surface area (Å²) in [6.07, 6.45) is 1.22. The molecule has 0 atom stereocenters. The summed E-state index contributed by atoms with van der Waals surface area (Å²) in [6.45, 7) is 2.85. The van der Waals surface area contributed by atoms with E-state index in [2.05, 4.69) is 0 Å². The fourth-order valence-electron chi connectivity index (χ4n) is 1.80. The Morgan fingerprint density at radius 2 is 1.88 bits per heavy atom. The van der Waals surface area contributed by atoms with Crippen LogP contribution >= 0.6 is 0 Å². The van der Waals surface area contributed by atoms with Crippen molar-refractivity contribution in [3.63, 3.8) is 0 Å². The molecule has 1 aliphatic carbocycles. The largest absolute Gasteiger partial charge is 0.507 e. The van der Waals surface area contributed by atoms with E-state index < -0.39 is 0 Å². The first-order valence-corrected chi connectivity index (χ1v) is 5.07. The van der Waals surface area contributed by atoms with E-state index >= 15 is 0 Å². The van der Waals surface area contributed by atoms with Crippen molar-refractivity contribution in [3.05, 3.63) is 40.5 Å². The summed E-state index contributed by atoms with van der Waals surface area (Å²) >= 11 is 0. The molecule has 0 aliphatic heterocycles. The Hall–Kier alpha value is -2.23. The number of benzene rings is 1. The number of rotatable bonds is 1. The van der Waals surface area contributed by atoms with Crippen molar-refractivity contribution in [2.24, 2.45) is 0 Å². The van der Waals surface area contributed by atoms with Gasteiger partial charge in [0.15, 0.2) is 17.3 Å². The van der Waals surface area contributed by atoms with E-state index in [9.17, 15) is 19.5 Å². The quantitative estimate of drug-likeness (QED) is 0.748. The van der Waals surface area contributed by atoms with Crippen LogP contribution in [0, 0.1) is 0 Å². The number of Topliss-reactive ketones (excluding diaryl/α,β-unsaturated/α-hetero) is 2. The van der Waals surface area contributed by atoms with Crippen molar-refractivity contribution in [1.82, 2.24) is 0 Å². The van der Waals surface area contributed by atoms with E-state index in [0.717, 1.165) is 0 Å². The predicted molar refractivity (Wildman–Crippen MR) is 60.5 cm³/mol. The highest BCUT2D eigenvalue weighted by Crippen LogP contribution is 2.30. The summed E-state index contributed by atoms with van der Waals surface area (Å²) in [4.78, 5) is 34.7. The molecule has 1 aromatic carbocycles. The van der Waals surface area contributed by atoms with Crippen LogP contribution in [0.1, 0.15) is 44.9 Å². The number of allylic oxidation sites excluding steroid dienone is 2. The average Bonchev–Trinajstić information content (AvgIpc) is 2.25. The van der Waals surface area contributed by atoms with E-state index in [1.807, 2.05) is 0 Å². The van der Waals surface area contributed by atoms with Crippen molar-refractivity contribution in [2.75, 3.05) is 0 Å². The summed E-state index contributed by atoms with van der Waals surface area (Å²) in [5.41, 5.74) is 0.578. The average molecular weight is 230 g/mol. The molecule has 0 radical (unpaired) electrons. The summed E-state index contributed by atoms with van der Waals surface area (Å²) in [5, 5.41) is 9.74. The SMILES string of the molecule is CC(=O)c1cc(O)c2c(c1)C(=O)C=C(C)C2=O. The number of hydrogen-bond donors (Lipinski definition) is 1. The third-order valence-corrected chi connectivity index (χ3v) is 2.72. The number of aromatic hydroxyl groups is 1. The second-order valence-electron chi connectivity index (χ2n) is 3.99. The van der Waals surface area contributed by atoms with Gasteiger partial charge in [-0.2, -0.15) is 0 Å². The predicted octanol–water partition coefficient (Wildman–Crippen LogP) is 1.92. The summed E-state index contributed by atoms with van der Waals surface area (Å²) in [6, 6.07) is 2.56. The summed E-state index contributed by atoms with van der Waals surface area (Å²) in [7, 11) is 0. The maximum absolute atomic E-state index is 11.8. The van der Waals surface area contributed by atoms with Crippen LogP contribution in [0.5, 0.6) is 5.75 Å². The minimum atomic E-state index is -0.382. The number of fused-ring (bicyclic) bond motifs is 1. The van der Waals surface area contributed by atoms with Gasteiger partial charge in [0.2, 0.25) is 0 Å². The van der Waals surface area contributed by atoms with Gasteiger partial charge in [-0.15, -0.1) is 0 Å². The van der Waals surface area contributed by atoms with E-state index in [-0.39, 0.29) is 45.4 Å². The van der Waals surface area contributed by atoms with Gasteiger partial charge in [0.05, 0.1) is 5.56 Å². The van der Waals surface area contributed by atoms with Gasteiger partial charge in [-0.05, 0) is 32.1 Å². The van der Waals surface area contributed by atoms with Crippen molar-refractivity contribution < 1.29 is 19.5 Å². The van der Waals surface area contributed by atoms with Crippen LogP contribution in [0.3, 0.4) is 0 Å². The Bertz CT molecular complexity index is 594. The molecule has 4 heteroatoms. The van der Waals surface area contributed by atoms with Gasteiger partial charge in [-0.25, -0.2) is 0 Å². The highest BCUT2D eigenvalue weighted by Gasteiger charge is 2.27. The summed E-state index contributed by atoms with van der Waals surface area (Å²) in [5.74, 6) is -1.34. The van der Waals surface area contributed by atoms with Crippen molar-refractivity contribution in [1.29, 1.82) is 0 Å². The monoisotopic (exact) mass is 230 g/mol. The van der Waals surface area contributed by atoms with Crippen LogP contribution in [-0.4, -0.2) is 22.5 Å². The second-order valence-corrected chi connectivity index (χ2v) is 3.99. The number of phenolic OH excluding ortho intramolecular Hbond substituents is 1. The molecule has 0 aromatic heterocycles. The maximum Gasteiger partial charge on any atom is 0.193 e. The molecule has 0 saturated heterocycles. The molecule has 86 valence electrons. The molecule has 0 spiro atoms. The first-order chi connectivity index (χ1) is 7.91. The van der Waals surface area contributed by atoms with Crippen LogP contribution in [0.25, 0.3) is 0 Å². The van der Waals surface area contributed by atoms with Gasteiger partial charge >= 0.3 is 0 Å². The Balaban J connectivity index is 2.75. The lowest BCUT2D eigenvalue weighted by Gasteiger charge is -2.14. The lowest BCUT2D eigenvalue weighted by Crippen LogP contribution is -2.16. The number of carbonyl (C=O) groups is 3. The number of carbonyl (C=O) groups excluding carboxylic acids is 3.